The maximum atomic E-state index is 13.6. The van der Waals surface area contributed by atoms with E-state index in [9.17, 15) is 21.6 Å². The van der Waals surface area contributed by atoms with Gasteiger partial charge >= 0.3 is 6.18 Å². The van der Waals surface area contributed by atoms with Gasteiger partial charge in [0.15, 0.2) is 9.84 Å². The molecule has 0 atom stereocenters. The number of sulfone groups is 1. The summed E-state index contributed by atoms with van der Waals surface area (Å²) in [7, 11) is 2.20. The number of anilines is 2. The number of benzene rings is 2. The summed E-state index contributed by atoms with van der Waals surface area (Å²) in [6.07, 6.45) is 0.827. The van der Waals surface area contributed by atoms with Crippen molar-refractivity contribution >= 4 is 32.1 Å². The molecule has 0 saturated heterocycles. The number of nitrogens with zero attached hydrogens (tertiary/aromatic N) is 2. The topological polar surface area (TPSA) is 75.6 Å². The molecular formula is C29H35F3N4O3S. The molecular weight excluding hydrogens is 541 g/mol. The third kappa shape index (κ3) is 7.23. The highest BCUT2D eigenvalue weighted by Crippen LogP contribution is 2.33. The van der Waals surface area contributed by atoms with Crippen LogP contribution in [0.4, 0.5) is 24.5 Å². The number of halogens is 3. The van der Waals surface area contributed by atoms with Gasteiger partial charge in [-0.2, -0.15) is 13.2 Å². The molecule has 40 heavy (non-hydrogen) atoms. The monoisotopic (exact) mass is 576 g/mol. The molecule has 216 valence electrons. The van der Waals surface area contributed by atoms with Crippen molar-refractivity contribution in [2.45, 2.75) is 55.4 Å². The van der Waals surface area contributed by atoms with Crippen LogP contribution in [0, 0.1) is 11.8 Å². The Balaban J connectivity index is 1.57. The Morgan fingerprint density at radius 1 is 1.07 bits per heavy atom. The minimum absolute atomic E-state index is 0.113. The van der Waals surface area contributed by atoms with Crippen molar-refractivity contribution in [1.82, 2.24) is 9.47 Å². The molecule has 1 heterocycles. The van der Waals surface area contributed by atoms with Crippen molar-refractivity contribution in [3.05, 3.63) is 48.2 Å². The Morgan fingerprint density at radius 2 is 1.80 bits per heavy atom. The second-order valence-corrected chi connectivity index (χ2v) is 12.4. The van der Waals surface area contributed by atoms with Crippen LogP contribution in [-0.4, -0.2) is 70.2 Å². The van der Waals surface area contributed by atoms with Crippen molar-refractivity contribution in [2.24, 2.45) is 0 Å². The van der Waals surface area contributed by atoms with E-state index in [1.54, 1.807) is 24.3 Å². The SMILES string of the molecule is COc1cc(S(C)(=O)=O)ccc1NCC#Cc1cc2c(N[C@H]3CC[C@@H](N(C)C)CC3)cccc2n1CC(F)(F)F. The molecule has 1 fully saturated rings. The van der Waals surface area contributed by atoms with Gasteiger partial charge in [-0.15, -0.1) is 0 Å². The smallest absolute Gasteiger partial charge is 0.406 e. The standard InChI is InChI=1S/C29H35F3N4O3S/c1-35(2)21-12-10-20(11-13-21)34-25-8-5-9-27-24(25)17-22(36(27)19-29(30,31)32)7-6-16-33-26-15-14-23(40(4,37)38)18-28(26)39-3/h5,8-9,14-15,17-18,20-21,33-34H,10-13,16,19H2,1-4H3/t20-,21+. The number of hydrogen-bond acceptors (Lipinski definition) is 6. The Hall–Kier alpha value is -3.36. The maximum absolute atomic E-state index is 13.6. The van der Waals surface area contributed by atoms with Crippen molar-refractivity contribution in [3.63, 3.8) is 0 Å². The molecule has 0 aliphatic heterocycles. The summed E-state index contributed by atoms with van der Waals surface area (Å²) < 4.78 is 70.8. The van der Waals surface area contributed by atoms with Crippen molar-refractivity contribution in [2.75, 3.05) is 44.6 Å². The molecule has 0 spiro atoms. The normalized spacial score (nSPS) is 17.9. The summed E-state index contributed by atoms with van der Waals surface area (Å²) in [6.45, 7) is -1.03. The van der Waals surface area contributed by atoms with E-state index in [0.717, 1.165) is 37.6 Å². The second-order valence-electron chi connectivity index (χ2n) is 10.4. The van der Waals surface area contributed by atoms with Gasteiger partial charge in [0.2, 0.25) is 0 Å². The highest BCUT2D eigenvalue weighted by atomic mass is 32.2. The van der Waals surface area contributed by atoms with Gasteiger partial charge in [-0.3, -0.25) is 0 Å². The van der Waals surface area contributed by atoms with Gasteiger partial charge in [0, 0.05) is 35.5 Å². The average Bonchev–Trinajstić information content (AvgIpc) is 3.23. The van der Waals surface area contributed by atoms with Crippen molar-refractivity contribution in [1.29, 1.82) is 0 Å². The average molecular weight is 577 g/mol. The lowest BCUT2D eigenvalue weighted by Gasteiger charge is -2.33. The highest BCUT2D eigenvalue weighted by molar-refractivity contribution is 7.90. The van der Waals surface area contributed by atoms with Gasteiger partial charge < -0.3 is 24.8 Å². The van der Waals surface area contributed by atoms with Crippen LogP contribution in [-0.2, 0) is 16.4 Å². The summed E-state index contributed by atoms with van der Waals surface area (Å²) >= 11 is 0. The second kappa shape index (κ2) is 12.0. The minimum Gasteiger partial charge on any atom is -0.495 e. The van der Waals surface area contributed by atoms with E-state index in [1.807, 2.05) is 6.07 Å². The number of alkyl halides is 3. The summed E-state index contributed by atoms with van der Waals surface area (Å²) in [5.74, 6) is 6.13. The number of nitrogens with one attached hydrogen (secondary N) is 2. The zero-order chi connectivity index (χ0) is 29.1. The van der Waals surface area contributed by atoms with E-state index in [-0.39, 0.29) is 23.2 Å². The fraction of sp³-hybridized carbons (Fsp3) is 0.448. The molecule has 1 aliphatic carbocycles. The Labute approximate surface area is 233 Å². The first-order chi connectivity index (χ1) is 18.9. The number of hydrogen-bond donors (Lipinski definition) is 2. The van der Waals surface area contributed by atoms with Crippen LogP contribution >= 0.6 is 0 Å². The number of fused-ring (bicyclic) bond motifs is 1. The van der Waals surface area contributed by atoms with Crippen molar-refractivity contribution < 1.29 is 26.3 Å². The van der Waals surface area contributed by atoms with E-state index < -0.39 is 22.6 Å². The zero-order valence-corrected chi connectivity index (χ0v) is 23.9. The minimum atomic E-state index is -4.41. The van der Waals surface area contributed by atoms with E-state index in [4.69, 9.17) is 4.74 Å². The van der Waals surface area contributed by atoms with Gasteiger partial charge in [-0.05, 0) is 76.0 Å². The molecule has 0 unspecified atom stereocenters. The van der Waals surface area contributed by atoms with Gasteiger partial charge in [0.25, 0.3) is 0 Å². The summed E-state index contributed by atoms with van der Waals surface area (Å²) in [4.78, 5) is 2.36. The Morgan fingerprint density at radius 3 is 2.42 bits per heavy atom. The van der Waals surface area contributed by atoms with E-state index in [2.05, 4.69) is 41.5 Å². The summed E-state index contributed by atoms with van der Waals surface area (Å²) in [5.41, 5.74) is 2.07. The predicted molar refractivity (Wildman–Crippen MR) is 153 cm³/mol. The first kappa shape index (κ1) is 29.6. The van der Waals surface area contributed by atoms with Gasteiger partial charge in [0.05, 0.1) is 35.4 Å². The van der Waals surface area contributed by atoms with Crippen LogP contribution in [0.3, 0.4) is 0 Å². The predicted octanol–water partition coefficient (Wildman–Crippen LogP) is 5.36. The lowest BCUT2D eigenvalue weighted by atomic mass is 9.90. The molecule has 11 heteroatoms. The highest BCUT2D eigenvalue weighted by Gasteiger charge is 2.30. The van der Waals surface area contributed by atoms with Gasteiger partial charge in [-0.25, -0.2) is 8.42 Å². The van der Waals surface area contributed by atoms with Crippen LogP contribution < -0.4 is 15.4 Å². The van der Waals surface area contributed by atoms with E-state index in [1.165, 1.54) is 23.8 Å². The molecule has 0 amide bonds. The molecule has 1 saturated carbocycles. The Bertz CT molecular complexity index is 1510. The lowest BCUT2D eigenvalue weighted by Crippen LogP contribution is -2.36. The number of ether oxygens (including phenoxy) is 1. The van der Waals surface area contributed by atoms with Crippen LogP contribution in [0.25, 0.3) is 10.9 Å². The fourth-order valence-corrected chi connectivity index (χ4v) is 5.78. The van der Waals surface area contributed by atoms with Crippen LogP contribution in [0.1, 0.15) is 31.4 Å². The molecule has 1 aliphatic rings. The lowest BCUT2D eigenvalue weighted by molar-refractivity contribution is -0.140. The molecule has 1 aromatic heterocycles. The first-order valence-corrected chi connectivity index (χ1v) is 15.0. The molecule has 7 nitrogen and oxygen atoms in total. The molecule has 2 aromatic carbocycles. The van der Waals surface area contributed by atoms with Crippen LogP contribution in [0.5, 0.6) is 5.75 Å². The Kier molecular flexibility index (Phi) is 8.90. The third-order valence-electron chi connectivity index (χ3n) is 7.25. The van der Waals surface area contributed by atoms with Crippen molar-refractivity contribution in [3.8, 4) is 17.6 Å². The van der Waals surface area contributed by atoms with Gasteiger partial charge in [-0.1, -0.05) is 12.0 Å². The molecule has 2 N–H and O–H groups in total. The van der Waals surface area contributed by atoms with E-state index >= 15 is 0 Å². The van der Waals surface area contributed by atoms with Crippen LogP contribution in [0.2, 0.25) is 0 Å². The largest absolute Gasteiger partial charge is 0.495 e. The quantitative estimate of drug-likeness (QED) is 0.352. The molecule has 0 bridgehead atoms. The molecule has 4 rings (SSSR count). The van der Waals surface area contributed by atoms with E-state index in [0.29, 0.717) is 28.4 Å². The maximum Gasteiger partial charge on any atom is 0.406 e. The van der Waals surface area contributed by atoms with Gasteiger partial charge in [0.1, 0.15) is 12.3 Å². The zero-order valence-electron chi connectivity index (χ0n) is 23.1. The van der Waals surface area contributed by atoms with Crippen LogP contribution in [0.15, 0.2) is 47.4 Å². The third-order valence-corrected chi connectivity index (χ3v) is 8.36. The number of aromatic nitrogens is 1. The summed E-state index contributed by atoms with van der Waals surface area (Å²) in [6, 6.07) is 12.3. The fourth-order valence-electron chi connectivity index (χ4n) is 5.14. The molecule has 3 aromatic rings. The number of rotatable bonds is 8. The summed E-state index contributed by atoms with van der Waals surface area (Å²) in [5, 5.41) is 7.33. The first-order valence-electron chi connectivity index (χ1n) is 13.1. The number of methoxy groups -OCH3 is 1. The molecule has 0 radical (unpaired) electrons.